The number of ether oxygens (including phenoxy) is 1. The zero-order valence-electron chi connectivity index (χ0n) is 11.5. The summed E-state index contributed by atoms with van der Waals surface area (Å²) in [4.78, 5) is 14.7. The molecule has 0 radical (unpaired) electrons. The van der Waals surface area contributed by atoms with E-state index in [-0.39, 0.29) is 11.4 Å². The van der Waals surface area contributed by atoms with Crippen LogP contribution in [0.2, 0.25) is 0 Å². The molecular weight excluding hydrogens is 238 g/mol. The Balaban J connectivity index is 1.76. The molecule has 2 heterocycles. The Labute approximate surface area is 114 Å². The van der Waals surface area contributed by atoms with Crippen LogP contribution in [0.3, 0.4) is 0 Å². The van der Waals surface area contributed by atoms with Crippen LogP contribution in [0.1, 0.15) is 43.0 Å². The Morgan fingerprint density at radius 2 is 2.00 bits per heavy atom. The molecule has 1 fully saturated rings. The fraction of sp³-hybridized carbons (Fsp3) is 0.562. The molecule has 0 aliphatic carbocycles. The molecule has 1 spiro atoms. The summed E-state index contributed by atoms with van der Waals surface area (Å²) in [6.07, 6.45) is 3.67. The van der Waals surface area contributed by atoms with Crippen LogP contribution in [0.4, 0.5) is 0 Å². The molecule has 0 unspecified atom stereocenters. The highest BCUT2D eigenvalue weighted by Crippen LogP contribution is 2.39. The van der Waals surface area contributed by atoms with Crippen molar-refractivity contribution in [2.24, 2.45) is 0 Å². The summed E-state index contributed by atoms with van der Waals surface area (Å²) in [6.45, 7) is 5.45. The first-order valence-corrected chi connectivity index (χ1v) is 7.26. The average molecular weight is 259 g/mol. The first-order chi connectivity index (χ1) is 9.22. The molecule has 0 atom stereocenters. The van der Waals surface area contributed by atoms with E-state index in [1.807, 2.05) is 24.3 Å². The SMILES string of the molecule is CCCN1CCC2(CC1)CC(=O)c1ccccc1O2. The number of rotatable bonds is 2. The first-order valence-electron chi connectivity index (χ1n) is 7.26. The number of Topliss-reactive ketones (excluding diaryl/α,β-unsaturated/α-hetero) is 1. The molecule has 3 heteroatoms. The number of fused-ring (bicyclic) bond motifs is 1. The lowest BCUT2D eigenvalue weighted by atomic mass is 9.82. The minimum absolute atomic E-state index is 0.240. The van der Waals surface area contributed by atoms with Crippen molar-refractivity contribution in [2.75, 3.05) is 19.6 Å². The van der Waals surface area contributed by atoms with Crippen molar-refractivity contribution in [1.29, 1.82) is 0 Å². The molecule has 0 amide bonds. The third kappa shape index (κ3) is 2.39. The molecule has 1 aromatic rings. The fourth-order valence-corrected chi connectivity index (χ4v) is 3.22. The van der Waals surface area contributed by atoms with E-state index < -0.39 is 0 Å². The van der Waals surface area contributed by atoms with Crippen molar-refractivity contribution in [3.05, 3.63) is 29.8 Å². The minimum Gasteiger partial charge on any atom is -0.486 e. The number of hydrogen-bond donors (Lipinski definition) is 0. The molecule has 0 saturated carbocycles. The normalized spacial score (nSPS) is 22.1. The summed E-state index contributed by atoms with van der Waals surface area (Å²) in [5, 5.41) is 0. The van der Waals surface area contributed by atoms with Crippen LogP contribution < -0.4 is 4.74 Å². The topological polar surface area (TPSA) is 29.5 Å². The maximum Gasteiger partial charge on any atom is 0.170 e. The summed E-state index contributed by atoms with van der Waals surface area (Å²) in [5.41, 5.74) is 0.513. The van der Waals surface area contributed by atoms with Gasteiger partial charge in [-0.05, 0) is 25.1 Å². The molecule has 2 aliphatic heterocycles. The highest BCUT2D eigenvalue weighted by molar-refractivity contribution is 6.00. The average Bonchev–Trinajstić information content (AvgIpc) is 2.42. The number of para-hydroxylation sites is 1. The highest BCUT2D eigenvalue weighted by Gasteiger charge is 2.42. The Bertz CT molecular complexity index is 475. The van der Waals surface area contributed by atoms with Gasteiger partial charge in [-0.1, -0.05) is 19.1 Å². The number of carbonyl (C=O) groups is 1. The quantitative estimate of drug-likeness (QED) is 0.818. The molecule has 3 rings (SSSR count). The van der Waals surface area contributed by atoms with Crippen LogP contribution in [0.25, 0.3) is 0 Å². The van der Waals surface area contributed by atoms with Crippen LogP contribution in [0.15, 0.2) is 24.3 Å². The predicted molar refractivity (Wildman–Crippen MR) is 74.7 cm³/mol. The van der Waals surface area contributed by atoms with Crippen LogP contribution in [0, 0.1) is 0 Å². The summed E-state index contributed by atoms with van der Waals surface area (Å²) in [5.74, 6) is 1.02. The van der Waals surface area contributed by atoms with Gasteiger partial charge in [-0.25, -0.2) is 0 Å². The van der Waals surface area contributed by atoms with E-state index in [2.05, 4.69) is 11.8 Å². The van der Waals surface area contributed by atoms with Crippen molar-refractivity contribution in [2.45, 2.75) is 38.2 Å². The zero-order valence-corrected chi connectivity index (χ0v) is 11.5. The lowest BCUT2D eigenvalue weighted by Gasteiger charge is -2.44. The number of nitrogens with zero attached hydrogens (tertiary/aromatic N) is 1. The fourth-order valence-electron chi connectivity index (χ4n) is 3.22. The molecule has 0 aromatic heterocycles. The summed E-state index contributed by atoms with van der Waals surface area (Å²) in [6, 6.07) is 7.64. The molecule has 19 heavy (non-hydrogen) atoms. The van der Waals surface area contributed by atoms with Crippen LogP contribution in [-0.4, -0.2) is 35.9 Å². The van der Waals surface area contributed by atoms with E-state index in [0.29, 0.717) is 6.42 Å². The van der Waals surface area contributed by atoms with Crippen molar-refractivity contribution in [3.8, 4) is 5.75 Å². The van der Waals surface area contributed by atoms with Gasteiger partial charge in [0.1, 0.15) is 11.4 Å². The molecule has 102 valence electrons. The van der Waals surface area contributed by atoms with Gasteiger partial charge in [-0.15, -0.1) is 0 Å². The number of benzene rings is 1. The van der Waals surface area contributed by atoms with Gasteiger partial charge in [-0.3, -0.25) is 4.79 Å². The Morgan fingerprint density at radius 3 is 2.74 bits per heavy atom. The Kier molecular flexibility index (Phi) is 3.31. The standard InChI is InChI=1S/C16H21NO2/c1-2-9-17-10-7-16(8-11-17)12-14(18)13-5-3-4-6-15(13)19-16/h3-6H,2,7-12H2,1H3. The number of carbonyl (C=O) groups excluding carboxylic acids is 1. The summed E-state index contributed by atoms with van der Waals surface area (Å²) in [7, 11) is 0. The maximum absolute atomic E-state index is 12.3. The van der Waals surface area contributed by atoms with Gasteiger partial charge in [0.25, 0.3) is 0 Å². The third-order valence-electron chi connectivity index (χ3n) is 4.30. The third-order valence-corrected chi connectivity index (χ3v) is 4.30. The smallest absolute Gasteiger partial charge is 0.170 e. The minimum atomic E-state index is -0.240. The molecular formula is C16H21NO2. The van der Waals surface area contributed by atoms with Crippen molar-refractivity contribution >= 4 is 5.78 Å². The highest BCUT2D eigenvalue weighted by atomic mass is 16.5. The van der Waals surface area contributed by atoms with E-state index in [1.54, 1.807) is 0 Å². The van der Waals surface area contributed by atoms with E-state index >= 15 is 0 Å². The Morgan fingerprint density at radius 1 is 1.26 bits per heavy atom. The molecule has 2 aliphatic rings. The lowest BCUT2D eigenvalue weighted by Crippen LogP contribution is -2.51. The van der Waals surface area contributed by atoms with E-state index in [1.165, 1.54) is 6.42 Å². The summed E-state index contributed by atoms with van der Waals surface area (Å²) < 4.78 is 6.21. The largest absolute Gasteiger partial charge is 0.486 e. The number of ketones is 1. The molecule has 1 saturated heterocycles. The van der Waals surface area contributed by atoms with Gasteiger partial charge in [-0.2, -0.15) is 0 Å². The predicted octanol–water partition coefficient (Wildman–Crippen LogP) is 2.90. The second kappa shape index (κ2) is 4.97. The first kappa shape index (κ1) is 12.7. The van der Waals surface area contributed by atoms with Crippen molar-refractivity contribution in [1.82, 2.24) is 4.90 Å². The Hall–Kier alpha value is -1.35. The van der Waals surface area contributed by atoms with E-state index in [0.717, 1.165) is 43.8 Å². The van der Waals surface area contributed by atoms with Crippen LogP contribution in [-0.2, 0) is 0 Å². The zero-order chi connectivity index (χ0) is 13.3. The van der Waals surface area contributed by atoms with Gasteiger partial charge >= 0.3 is 0 Å². The van der Waals surface area contributed by atoms with Gasteiger partial charge in [0.05, 0.1) is 12.0 Å². The number of likely N-dealkylation sites (tertiary alicyclic amines) is 1. The van der Waals surface area contributed by atoms with Gasteiger partial charge < -0.3 is 9.64 Å². The van der Waals surface area contributed by atoms with Crippen molar-refractivity contribution in [3.63, 3.8) is 0 Å². The maximum atomic E-state index is 12.3. The van der Waals surface area contributed by atoms with Crippen molar-refractivity contribution < 1.29 is 9.53 Å². The number of hydrogen-bond acceptors (Lipinski definition) is 3. The second-order valence-electron chi connectivity index (χ2n) is 5.72. The molecule has 3 nitrogen and oxygen atoms in total. The van der Waals surface area contributed by atoms with Gasteiger partial charge in [0, 0.05) is 25.9 Å². The van der Waals surface area contributed by atoms with Gasteiger partial charge in [0.2, 0.25) is 0 Å². The summed E-state index contributed by atoms with van der Waals surface area (Å²) >= 11 is 0. The van der Waals surface area contributed by atoms with E-state index in [4.69, 9.17) is 4.74 Å². The second-order valence-corrected chi connectivity index (χ2v) is 5.72. The van der Waals surface area contributed by atoms with Crippen LogP contribution >= 0.6 is 0 Å². The lowest BCUT2D eigenvalue weighted by molar-refractivity contribution is -0.00886. The molecule has 1 aromatic carbocycles. The monoisotopic (exact) mass is 259 g/mol. The van der Waals surface area contributed by atoms with E-state index in [9.17, 15) is 4.79 Å². The number of piperidine rings is 1. The molecule has 0 N–H and O–H groups in total. The van der Waals surface area contributed by atoms with Gasteiger partial charge in [0.15, 0.2) is 5.78 Å². The molecule has 0 bridgehead atoms. The van der Waals surface area contributed by atoms with Crippen LogP contribution in [0.5, 0.6) is 5.75 Å².